The van der Waals surface area contributed by atoms with E-state index in [-0.39, 0.29) is 12.1 Å². The van der Waals surface area contributed by atoms with Crippen molar-refractivity contribution in [1.29, 1.82) is 0 Å². The van der Waals surface area contributed by atoms with Crippen LogP contribution in [0, 0.1) is 6.92 Å². The molecule has 31 heavy (non-hydrogen) atoms. The molecule has 1 aliphatic carbocycles. The van der Waals surface area contributed by atoms with Gasteiger partial charge < -0.3 is 4.90 Å². The lowest BCUT2D eigenvalue weighted by Crippen LogP contribution is -2.48. The number of hydrogen-bond donors (Lipinski definition) is 1. The highest BCUT2D eigenvalue weighted by molar-refractivity contribution is 7.89. The molecule has 0 amide bonds. The highest BCUT2D eigenvalue weighted by Crippen LogP contribution is 2.37. The molecule has 5 rings (SSSR count). The highest BCUT2D eigenvalue weighted by Gasteiger charge is 2.35. The predicted molar refractivity (Wildman–Crippen MR) is 126 cm³/mol. The van der Waals surface area contributed by atoms with Crippen LogP contribution in [-0.4, -0.2) is 21.0 Å². The van der Waals surface area contributed by atoms with E-state index < -0.39 is 10.0 Å². The zero-order valence-electron chi connectivity index (χ0n) is 17.5. The zero-order chi connectivity index (χ0) is 21.4. The second kappa shape index (κ2) is 7.98. The molecular weight excluding hydrogens is 404 g/mol. The van der Waals surface area contributed by atoms with Crippen molar-refractivity contribution in [2.24, 2.45) is 0 Å². The van der Waals surface area contributed by atoms with Gasteiger partial charge in [0, 0.05) is 12.2 Å². The van der Waals surface area contributed by atoms with Crippen molar-refractivity contribution < 1.29 is 8.42 Å². The highest BCUT2D eigenvalue weighted by atomic mass is 32.2. The molecule has 0 fully saturated rings. The van der Waals surface area contributed by atoms with Crippen molar-refractivity contribution in [1.82, 2.24) is 4.72 Å². The number of fused-ring (bicyclic) bond motifs is 2. The van der Waals surface area contributed by atoms with Gasteiger partial charge >= 0.3 is 0 Å². The first-order valence-electron chi connectivity index (χ1n) is 10.7. The van der Waals surface area contributed by atoms with E-state index in [1.807, 2.05) is 43.3 Å². The van der Waals surface area contributed by atoms with Gasteiger partial charge in [0.1, 0.15) is 0 Å². The Kier molecular flexibility index (Phi) is 5.16. The number of rotatable bonds is 4. The Hall–Kier alpha value is -2.89. The summed E-state index contributed by atoms with van der Waals surface area (Å²) in [6, 6.07) is 23.0. The van der Waals surface area contributed by atoms with Crippen molar-refractivity contribution in [3.8, 4) is 0 Å². The maximum absolute atomic E-state index is 13.3. The van der Waals surface area contributed by atoms with Crippen LogP contribution in [0.4, 0.5) is 5.69 Å². The van der Waals surface area contributed by atoms with Crippen molar-refractivity contribution in [3.05, 3.63) is 101 Å². The van der Waals surface area contributed by atoms with E-state index >= 15 is 0 Å². The molecule has 0 saturated carbocycles. The van der Waals surface area contributed by atoms with E-state index in [4.69, 9.17) is 0 Å². The third-order valence-electron chi connectivity index (χ3n) is 6.27. The number of para-hydroxylation sites is 1. The number of benzene rings is 3. The van der Waals surface area contributed by atoms with Crippen LogP contribution in [0.1, 0.15) is 34.7 Å². The van der Waals surface area contributed by atoms with E-state index in [1.54, 1.807) is 12.1 Å². The summed E-state index contributed by atoms with van der Waals surface area (Å²) < 4.78 is 29.7. The summed E-state index contributed by atoms with van der Waals surface area (Å²) in [5.74, 6) is 0. The summed E-state index contributed by atoms with van der Waals surface area (Å²) in [4.78, 5) is 2.65. The van der Waals surface area contributed by atoms with Gasteiger partial charge in [-0.3, -0.25) is 0 Å². The Bertz CT molecular complexity index is 1230. The molecule has 0 radical (unpaired) electrons. The van der Waals surface area contributed by atoms with Crippen LogP contribution in [0.15, 0.2) is 83.8 Å². The smallest absolute Gasteiger partial charge is 0.241 e. The molecule has 0 bridgehead atoms. The molecule has 2 atom stereocenters. The van der Waals surface area contributed by atoms with Gasteiger partial charge in [0.05, 0.1) is 17.0 Å². The summed E-state index contributed by atoms with van der Waals surface area (Å²) in [7, 11) is -3.68. The number of sulfonamides is 1. The molecule has 3 aromatic rings. The molecule has 1 aliphatic heterocycles. The van der Waals surface area contributed by atoms with E-state index in [0.29, 0.717) is 4.90 Å². The molecule has 2 aliphatic rings. The third kappa shape index (κ3) is 3.80. The Morgan fingerprint density at radius 3 is 2.52 bits per heavy atom. The number of anilines is 1. The van der Waals surface area contributed by atoms with Gasteiger partial charge in [-0.2, -0.15) is 0 Å². The summed E-state index contributed by atoms with van der Waals surface area (Å²) in [5.41, 5.74) is 5.62. The summed E-state index contributed by atoms with van der Waals surface area (Å²) in [5, 5.41) is 0. The molecule has 158 valence electrons. The maximum atomic E-state index is 13.3. The minimum atomic E-state index is -3.68. The second-order valence-electron chi connectivity index (χ2n) is 8.32. The average Bonchev–Trinajstić information content (AvgIpc) is 2.79. The Morgan fingerprint density at radius 2 is 1.68 bits per heavy atom. The lowest BCUT2D eigenvalue weighted by atomic mass is 9.87. The maximum Gasteiger partial charge on any atom is 0.241 e. The van der Waals surface area contributed by atoms with Crippen LogP contribution in [0.3, 0.4) is 0 Å². The molecule has 0 spiro atoms. The van der Waals surface area contributed by atoms with Gasteiger partial charge in [-0.15, -0.1) is 0 Å². The molecule has 1 heterocycles. The zero-order valence-corrected chi connectivity index (χ0v) is 18.3. The SMILES string of the molecule is Cc1ccc(S(=O)(=O)N[C@@H]2c3ccccc3C=C[C@H]2N2CCCc3ccccc32)cc1. The third-order valence-corrected chi connectivity index (χ3v) is 7.72. The fourth-order valence-electron chi connectivity index (χ4n) is 4.69. The molecule has 4 nitrogen and oxygen atoms in total. The number of nitrogens with one attached hydrogen (secondary N) is 1. The first-order chi connectivity index (χ1) is 15.0. The molecule has 0 saturated heterocycles. The molecular formula is C26H26N2O2S. The van der Waals surface area contributed by atoms with E-state index in [1.165, 1.54) is 11.3 Å². The number of hydrogen-bond acceptors (Lipinski definition) is 3. The molecule has 5 heteroatoms. The summed E-state index contributed by atoms with van der Waals surface area (Å²) in [6.07, 6.45) is 6.38. The standard InChI is InChI=1S/C26H26N2O2S/c1-19-12-15-22(16-13-19)31(29,30)27-26-23-10-4-2-7-20(23)14-17-25(26)28-18-6-9-21-8-3-5-11-24(21)28/h2-5,7-8,10-17,25-27H,6,9,18H2,1H3/t25-,26-/m1/s1. The summed E-state index contributed by atoms with van der Waals surface area (Å²) >= 11 is 0. The molecule has 1 N–H and O–H groups in total. The fraction of sp³-hybridized carbons (Fsp3) is 0.231. The van der Waals surface area contributed by atoms with Crippen LogP contribution in [0.5, 0.6) is 0 Å². The van der Waals surface area contributed by atoms with E-state index in [9.17, 15) is 8.42 Å². The van der Waals surface area contributed by atoms with Gasteiger partial charge in [-0.25, -0.2) is 13.1 Å². The normalized spacial score (nSPS) is 20.2. The average molecular weight is 431 g/mol. The van der Waals surface area contributed by atoms with Crippen LogP contribution in [0.25, 0.3) is 6.08 Å². The van der Waals surface area contributed by atoms with Gasteiger partial charge in [-0.1, -0.05) is 72.3 Å². The predicted octanol–water partition coefficient (Wildman–Crippen LogP) is 4.86. The van der Waals surface area contributed by atoms with Crippen LogP contribution >= 0.6 is 0 Å². The van der Waals surface area contributed by atoms with Gasteiger partial charge in [0.25, 0.3) is 0 Å². The number of nitrogens with zero attached hydrogens (tertiary/aromatic N) is 1. The van der Waals surface area contributed by atoms with Crippen LogP contribution in [-0.2, 0) is 16.4 Å². The van der Waals surface area contributed by atoms with Crippen molar-refractivity contribution in [2.75, 3.05) is 11.4 Å². The van der Waals surface area contributed by atoms with Gasteiger partial charge in [-0.05, 0) is 54.7 Å². The first kappa shape index (κ1) is 20.0. The first-order valence-corrected chi connectivity index (χ1v) is 12.2. The largest absolute Gasteiger partial charge is 0.363 e. The Morgan fingerprint density at radius 1 is 0.935 bits per heavy atom. The molecule has 0 aromatic heterocycles. The monoisotopic (exact) mass is 430 g/mol. The minimum Gasteiger partial charge on any atom is -0.363 e. The van der Waals surface area contributed by atoms with E-state index in [0.717, 1.165) is 36.1 Å². The Labute approximate surface area is 184 Å². The second-order valence-corrected chi connectivity index (χ2v) is 10.0. The molecule has 3 aromatic carbocycles. The minimum absolute atomic E-state index is 0.100. The lowest BCUT2D eigenvalue weighted by Gasteiger charge is -2.42. The molecule has 0 unspecified atom stereocenters. The fourth-order valence-corrected chi connectivity index (χ4v) is 5.92. The summed E-state index contributed by atoms with van der Waals surface area (Å²) in [6.45, 7) is 2.85. The Balaban J connectivity index is 1.56. The van der Waals surface area contributed by atoms with Crippen molar-refractivity contribution in [3.63, 3.8) is 0 Å². The van der Waals surface area contributed by atoms with Crippen molar-refractivity contribution in [2.45, 2.75) is 36.7 Å². The lowest BCUT2D eigenvalue weighted by molar-refractivity contribution is 0.497. The van der Waals surface area contributed by atoms with Crippen molar-refractivity contribution >= 4 is 21.8 Å². The van der Waals surface area contributed by atoms with Gasteiger partial charge in [0.15, 0.2) is 0 Å². The van der Waals surface area contributed by atoms with Crippen LogP contribution < -0.4 is 9.62 Å². The van der Waals surface area contributed by atoms with Crippen LogP contribution in [0.2, 0.25) is 0 Å². The van der Waals surface area contributed by atoms with Gasteiger partial charge in [0.2, 0.25) is 10.0 Å². The number of aryl methyl sites for hydroxylation is 2. The van der Waals surface area contributed by atoms with E-state index in [2.05, 4.69) is 46.0 Å². The quantitative estimate of drug-likeness (QED) is 0.643. The topological polar surface area (TPSA) is 49.4 Å².